The molecule has 2 nitrogen and oxygen atoms in total. The van der Waals surface area contributed by atoms with Crippen LogP contribution in [-0.4, -0.2) is 19.0 Å². The number of hydrogen-bond acceptors (Lipinski definition) is 3. The van der Waals surface area contributed by atoms with Crippen molar-refractivity contribution in [1.82, 2.24) is 0 Å². The Bertz CT molecular complexity index is 347. The summed E-state index contributed by atoms with van der Waals surface area (Å²) in [7, 11) is 0. The maximum atomic E-state index is 12.9. The van der Waals surface area contributed by atoms with Crippen molar-refractivity contribution in [3.8, 4) is 0 Å². The normalized spacial score (nSPS) is 18.5. The highest BCUT2D eigenvalue weighted by Crippen LogP contribution is 2.36. The predicted molar refractivity (Wildman–Crippen MR) is 67.7 cm³/mol. The third kappa shape index (κ3) is 3.00. The van der Waals surface area contributed by atoms with Crippen LogP contribution in [0.5, 0.6) is 0 Å². The Hall–Kier alpha value is -0.580. The molecule has 0 spiro atoms. The summed E-state index contributed by atoms with van der Waals surface area (Å²) in [5.41, 5.74) is 0.899. The smallest absolute Gasteiger partial charge is 0.194 e. The number of ether oxygens (including phenoxy) is 2. The molecule has 1 aliphatic heterocycles. The summed E-state index contributed by atoms with van der Waals surface area (Å²) in [6, 6.07) is 6.37. The van der Waals surface area contributed by atoms with Gasteiger partial charge in [-0.1, -0.05) is 12.1 Å². The summed E-state index contributed by atoms with van der Waals surface area (Å²) >= 11 is 4.19. The highest BCUT2D eigenvalue weighted by Gasteiger charge is 2.37. The fourth-order valence-corrected chi connectivity index (χ4v) is 2.31. The number of halogens is 1. The van der Waals surface area contributed by atoms with Crippen LogP contribution in [0.25, 0.3) is 0 Å². The third-order valence-electron chi connectivity index (χ3n) is 2.95. The summed E-state index contributed by atoms with van der Waals surface area (Å²) in [5, 5.41) is 0. The second-order valence-corrected chi connectivity index (χ2v) is 4.58. The van der Waals surface area contributed by atoms with Gasteiger partial charge < -0.3 is 9.47 Å². The van der Waals surface area contributed by atoms with E-state index >= 15 is 0 Å². The van der Waals surface area contributed by atoms with Crippen LogP contribution in [0.15, 0.2) is 24.3 Å². The van der Waals surface area contributed by atoms with E-state index in [-0.39, 0.29) is 5.82 Å². The Balaban J connectivity index is 2.12. The van der Waals surface area contributed by atoms with E-state index in [1.54, 1.807) is 12.1 Å². The van der Waals surface area contributed by atoms with Crippen molar-refractivity contribution in [2.75, 3.05) is 19.0 Å². The maximum absolute atomic E-state index is 12.9. The monoisotopic (exact) mass is 256 g/mol. The molecule has 17 heavy (non-hydrogen) atoms. The molecule has 4 heteroatoms. The van der Waals surface area contributed by atoms with Crippen LogP contribution in [0.4, 0.5) is 4.39 Å². The molecular formula is C13H17FO2S. The highest BCUT2D eigenvalue weighted by atomic mass is 32.1. The Morgan fingerprint density at radius 3 is 2.35 bits per heavy atom. The summed E-state index contributed by atoms with van der Waals surface area (Å²) in [6.07, 6.45) is 2.80. The fourth-order valence-electron chi connectivity index (χ4n) is 2.08. The largest absolute Gasteiger partial charge is 0.343 e. The molecule has 0 amide bonds. The minimum Gasteiger partial charge on any atom is -0.343 e. The topological polar surface area (TPSA) is 18.5 Å². The molecule has 0 aromatic heterocycles. The molecule has 1 aliphatic rings. The maximum Gasteiger partial charge on any atom is 0.194 e. The molecule has 1 aromatic rings. The fraction of sp³-hybridized carbons (Fsp3) is 0.538. The zero-order valence-corrected chi connectivity index (χ0v) is 10.6. The average Bonchev–Trinajstić information content (AvgIpc) is 2.80. The molecule has 1 saturated heterocycles. The van der Waals surface area contributed by atoms with Crippen molar-refractivity contribution >= 4 is 12.6 Å². The van der Waals surface area contributed by atoms with Gasteiger partial charge in [0.2, 0.25) is 0 Å². The molecule has 0 bridgehead atoms. The summed E-state index contributed by atoms with van der Waals surface area (Å²) < 4.78 is 24.4. The molecule has 94 valence electrons. The van der Waals surface area contributed by atoms with Gasteiger partial charge in [-0.15, -0.1) is 0 Å². The van der Waals surface area contributed by atoms with E-state index in [9.17, 15) is 4.39 Å². The van der Waals surface area contributed by atoms with E-state index in [0.717, 1.165) is 30.6 Å². The molecule has 0 aliphatic carbocycles. The highest BCUT2D eigenvalue weighted by molar-refractivity contribution is 7.80. The molecule has 0 N–H and O–H groups in total. The van der Waals surface area contributed by atoms with Crippen molar-refractivity contribution < 1.29 is 13.9 Å². The van der Waals surface area contributed by atoms with Crippen LogP contribution in [-0.2, 0) is 15.3 Å². The van der Waals surface area contributed by atoms with Gasteiger partial charge in [0, 0.05) is 12.0 Å². The van der Waals surface area contributed by atoms with Crippen molar-refractivity contribution in [3.63, 3.8) is 0 Å². The van der Waals surface area contributed by atoms with Gasteiger partial charge in [-0.05, 0) is 30.7 Å². The first-order chi connectivity index (χ1) is 8.27. The molecule has 1 aromatic carbocycles. The molecule has 0 atom stereocenters. The van der Waals surface area contributed by atoms with Gasteiger partial charge in [0.25, 0.3) is 0 Å². The minimum atomic E-state index is -0.670. The van der Waals surface area contributed by atoms with Crippen LogP contribution < -0.4 is 0 Å². The van der Waals surface area contributed by atoms with Crippen molar-refractivity contribution in [1.29, 1.82) is 0 Å². The second kappa shape index (κ2) is 5.85. The van der Waals surface area contributed by atoms with Crippen LogP contribution in [0.3, 0.4) is 0 Å². The van der Waals surface area contributed by atoms with Crippen LogP contribution in [0.1, 0.15) is 24.8 Å². The van der Waals surface area contributed by atoms with Crippen molar-refractivity contribution in [3.05, 3.63) is 35.6 Å². The van der Waals surface area contributed by atoms with E-state index in [0.29, 0.717) is 13.2 Å². The lowest BCUT2D eigenvalue weighted by Gasteiger charge is -2.27. The zero-order chi connectivity index (χ0) is 12.1. The molecular weight excluding hydrogens is 239 g/mol. The number of hydrogen-bond donors (Lipinski definition) is 1. The molecule has 0 saturated carbocycles. The summed E-state index contributed by atoms with van der Waals surface area (Å²) in [5.74, 6) is -0.0480. The first-order valence-corrected chi connectivity index (χ1v) is 6.55. The van der Waals surface area contributed by atoms with Gasteiger partial charge in [-0.3, -0.25) is 0 Å². The number of benzene rings is 1. The van der Waals surface area contributed by atoms with E-state index in [1.807, 2.05) is 0 Å². The standard InChI is InChI=1S/C13H17FO2S/c14-12-5-3-11(4-6-12)13(7-1-2-10-17)15-8-9-16-13/h3-6,17H,1-2,7-10H2. The quantitative estimate of drug-likeness (QED) is 0.644. The molecule has 1 heterocycles. The van der Waals surface area contributed by atoms with Gasteiger partial charge in [0.15, 0.2) is 5.79 Å². The van der Waals surface area contributed by atoms with Gasteiger partial charge in [0.1, 0.15) is 5.82 Å². The van der Waals surface area contributed by atoms with Gasteiger partial charge >= 0.3 is 0 Å². The lowest BCUT2D eigenvalue weighted by atomic mass is 10.00. The van der Waals surface area contributed by atoms with E-state index in [1.165, 1.54) is 12.1 Å². The first-order valence-electron chi connectivity index (χ1n) is 5.92. The van der Waals surface area contributed by atoms with E-state index < -0.39 is 5.79 Å². The third-order valence-corrected chi connectivity index (χ3v) is 3.27. The average molecular weight is 256 g/mol. The van der Waals surface area contributed by atoms with Crippen molar-refractivity contribution in [2.24, 2.45) is 0 Å². The van der Waals surface area contributed by atoms with Crippen LogP contribution in [0, 0.1) is 5.82 Å². The molecule has 0 radical (unpaired) electrons. The van der Waals surface area contributed by atoms with Gasteiger partial charge in [-0.25, -0.2) is 4.39 Å². The number of unbranched alkanes of at least 4 members (excludes halogenated alkanes) is 1. The lowest BCUT2D eigenvalue weighted by Crippen LogP contribution is -2.27. The predicted octanol–water partition coefficient (Wildman–Crippen LogP) is 3.13. The van der Waals surface area contributed by atoms with Crippen LogP contribution in [0.2, 0.25) is 0 Å². The number of rotatable bonds is 5. The number of thiol groups is 1. The Kier molecular flexibility index (Phi) is 4.42. The molecule has 0 unspecified atom stereocenters. The Labute approximate surface area is 107 Å². The lowest BCUT2D eigenvalue weighted by molar-refractivity contribution is -0.171. The SMILES string of the molecule is Fc1ccc(C2(CCCCS)OCCO2)cc1. The Morgan fingerprint density at radius 1 is 1.12 bits per heavy atom. The Morgan fingerprint density at radius 2 is 1.76 bits per heavy atom. The summed E-state index contributed by atoms with van der Waals surface area (Å²) in [4.78, 5) is 0. The molecule has 2 rings (SSSR count). The van der Waals surface area contributed by atoms with E-state index in [2.05, 4.69) is 12.6 Å². The zero-order valence-electron chi connectivity index (χ0n) is 9.69. The molecule has 1 fully saturated rings. The van der Waals surface area contributed by atoms with Gasteiger partial charge in [0.05, 0.1) is 13.2 Å². The van der Waals surface area contributed by atoms with E-state index in [4.69, 9.17) is 9.47 Å². The second-order valence-electron chi connectivity index (χ2n) is 4.14. The van der Waals surface area contributed by atoms with Crippen LogP contribution >= 0.6 is 12.6 Å². The first kappa shape index (κ1) is 12.9. The van der Waals surface area contributed by atoms with Gasteiger partial charge in [-0.2, -0.15) is 12.6 Å². The minimum absolute atomic E-state index is 0.239. The summed E-state index contributed by atoms with van der Waals surface area (Å²) in [6.45, 7) is 1.19. The van der Waals surface area contributed by atoms with Crippen molar-refractivity contribution in [2.45, 2.75) is 25.0 Å².